The summed E-state index contributed by atoms with van der Waals surface area (Å²) in [6.45, 7) is 2.43. The first-order valence-electron chi connectivity index (χ1n) is 9.55. The summed E-state index contributed by atoms with van der Waals surface area (Å²) in [4.78, 5) is 23.8. The average Bonchev–Trinajstić information content (AvgIpc) is 3.25. The van der Waals surface area contributed by atoms with Gasteiger partial charge in [0.05, 0.1) is 17.7 Å². The normalized spacial score (nSPS) is 17.2. The molecule has 3 aromatic rings. The van der Waals surface area contributed by atoms with Crippen molar-refractivity contribution >= 4 is 10.0 Å². The lowest BCUT2D eigenvalue weighted by atomic mass is 10.1. The molecular formula is C21H22N4O4S. The van der Waals surface area contributed by atoms with Crippen molar-refractivity contribution in [3.63, 3.8) is 0 Å². The molecule has 1 aliphatic rings. The molecule has 2 aromatic heterocycles. The second-order valence-electron chi connectivity index (χ2n) is 7.23. The summed E-state index contributed by atoms with van der Waals surface area (Å²) in [5.41, 5.74) is 1.82. The van der Waals surface area contributed by atoms with Gasteiger partial charge in [-0.15, -0.1) is 0 Å². The molecule has 30 heavy (non-hydrogen) atoms. The third kappa shape index (κ3) is 3.86. The van der Waals surface area contributed by atoms with Crippen LogP contribution in [0.15, 0.2) is 58.5 Å². The monoisotopic (exact) mass is 426 g/mol. The molecule has 1 fully saturated rings. The Bertz CT molecular complexity index is 1230. The predicted octanol–water partition coefficient (Wildman–Crippen LogP) is 2.33. The quantitative estimate of drug-likeness (QED) is 0.671. The van der Waals surface area contributed by atoms with Crippen LogP contribution in [-0.2, 0) is 10.0 Å². The van der Waals surface area contributed by atoms with E-state index in [-0.39, 0.29) is 22.9 Å². The van der Waals surface area contributed by atoms with Crippen molar-refractivity contribution < 1.29 is 13.2 Å². The second-order valence-corrected chi connectivity index (χ2v) is 9.17. The predicted molar refractivity (Wildman–Crippen MR) is 112 cm³/mol. The molecule has 1 saturated heterocycles. The summed E-state index contributed by atoms with van der Waals surface area (Å²) in [6, 6.07) is 9.83. The van der Waals surface area contributed by atoms with E-state index in [2.05, 4.69) is 15.0 Å². The van der Waals surface area contributed by atoms with Gasteiger partial charge in [-0.25, -0.2) is 13.4 Å². The van der Waals surface area contributed by atoms with Crippen LogP contribution in [0, 0.1) is 6.92 Å². The fourth-order valence-electron chi connectivity index (χ4n) is 3.67. The van der Waals surface area contributed by atoms with E-state index in [4.69, 9.17) is 4.74 Å². The molecule has 0 amide bonds. The number of methoxy groups -OCH3 is 1. The van der Waals surface area contributed by atoms with E-state index in [9.17, 15) is 13.2 Å². The number of H-pyrrole nitrogens is 1. The summed E-state index contributed by atoms with van der Waals surface area (Å²) in [6.07, 6.45) is 3.86. The lowest BCUT2D eigenvalue weighted by Gasteiger charge is -2.17. The highest BCUT2D eigenvalue weighted by atomic mass is 32.2. The van der Waals surface area contributed by atoms with E-state index in [1.54, 1.807) is 49.8 Å². The Morgan fingerprint density at radius 2 is 1.93 bits per heavy atom. The van der Waals surface area contributed by atoms with Crippen molar-refractivity contribution in [1.29, 1.82) is 0 Å². The molecule has 0 aliphatic carbocycles. The van der Waals surface area contributed by atoms with Crippen LogP contribution in [-0.4, -0.2) is 47.9 Å². The number of pyridine rings is 1. The maximum absolute atomic E-state index is 13.1. The molecule has 1 aromatic carbocycles. The zero-order valence-corrected chi connectivity index (χ0v) is 17.5. The Morgan fingerprint density at radius 3 is 2.63 bits per heavy atom. The maximum Gasteiger partial charge on any atom is 0.251 e. The van der Waals surface area contributed by atoms with Gasteiger partial charge in [0.1, 0.15) is 11.6 Å². The van der Waals surface area contributed by atoms with Crippen LogP contribution in [0.1, 0.15) is 23.7 Å². The first-order valence-corrected chi connectivity index (χ1v) is 11.0. The van der Waals surface area contributed by atoms with E-state index < -0.39 is 10.0 Å². The SMILES string of the molecule is COc1ccc(S(=O)(=O)N2CC[C@H](c3nc(-c4ccncc4)cc(=O)[nH]3)C2)cc1C. The lowest BCUT2D eigenvalue weighted by Crippen LogP contribution is -2.29. The first kappa shape index (κ1) is 20.2. The molecule has 0 bridgehead atoms. The number of hydrogen-bond acceptors (Lipinski definition) is 6. The molecule has 1 aliphatic heterocycles. The number of nitrogens with one attached hydrogen (secondary N) is 1. The van der Waals surface area contributed by atoms with E-state index in [0.29, 0.717) is 30.2 Å². The van der Waals surface area contributed by atoms with Gasteiger partial charge in [-0.3, -0.25) is 9.78 Å². The zero-order chi connectivity index (χ0) is 21.3. The van der Waals surface area contributed by atoms with Crippen LogP contribution >= 0.6 is 0 Å². The highest BCUT2D eigenvalue weighted by molar-refractivity contribution is 7.89. The fraction of sp³-hybridized carbons (Fsp3) is 0.286. The Kier molecular flexibility index (Phi) is 5.40. The fourth-order valence-corrected chi connectivity index (χ4v) is 5.26. The minimum atomic E-state index is -3.65. The summed E-state index contributed by atoms with van der Waals surface area (Å²) >= 11 is 0. The zero-order valence-electron chi connectivity index (χ0n) is 16.7. The number of aryl methyl sites for hydroxylation is 1. The van der Waals surface area contributed by atoms with Gasteiger partial charge in [0.2, 0.25) is 10.0 Å². The number of rotatable bonds is 5. The van der Waals surface area contributed by atoms with Crippen LogP contribution in [0.3, 0.4) is 0 Å². The minimum Gasteiger partial charge on any atom is -0.496 e. The largest absolute Gasteiger partial charge is 0.496 e. The molecule has 1 N–H and O–H groups in total. The Balaban J connectivity index is 1.60. The average molecular weight is 426 g/mol. The van der Waals surface area contributed by atoms with Gasteiger partial charge in [0.25, 0.3) is 5.56 Å². The number of benzene rings is 1. The van der Waals surface area contributed by atoms with Crippen LogP contribution in [0.4, 0.5) is 0 Å². The topological polar surface area (TPSA) is 105 Å². The van der Waals surface area contributed by atoms with Crippen LogP contribution in [0.5, 0.6) is 5.75 Å². The molecule has 0 radical (unpaired) electrons. The third-order valence-electron chi connectivity index (χ3n) is 5.28. The standard InChI is InChI=1S/C21H22N4O4S/c1-14-11-17(3-4-19(14)29-2)30(27,28)25-10-7-16(13-25)21-23-18(12-20(26)24-21)15-5-8-22-9-6-15/h3-6,8-9,11-12,16H,7,10,13H2,1-2H3,(H,23,24,26)/t16-/m0/s1. The third-order valence-corrected chi connectivity index (χ3v) is 7.14. The summed E-state index contributed by atoms with van der Waals surface area (Å²) in [5.74, 6) is 0.953. The molecule has 3 heterocycles. The van der Waals surface area contributed by atoms with Crippen LogP contribution in [0.2, 0.25) is 0 Å². The van der Waals surface area contributed by atoms with Gasteiger partial charge in [0, 0.05) is 43.0 Å². The van der Waals surface area contributed by atoms with Crippen molar-refractivity contribution in [2.45, 2.75) is 24.2 Å². The number of aromatic nitrogens is 3. The smallest absolute Gasteiger partial charge is 0.251 e. The Morgan fingerprint density at radius 1 is 1.17 bits per heavy atom. The van der Waals surface area contributed by atoms with Crippen molar-refractivity contribution in [2.24, 2.45) is 0 Å². The molecule has 156 valence electrons. The van der Waals surface area contributed by atoms with Gasteiger partial charge in [-0.1, -0.05) is 0 Å². The van der Waals surface area contributed by atoms with Crippen LogP contribution < -0.4 is 10.3 Å². The summed E-state index contributed by atoms with van der Waals surface area (Å²) < 4.78 is 32.9. The van der Waals surface area contributed by atoms with Gasteiger partial charge in [-0.2, -0.15) is 4.31 Å². The van der Waals surface area contributed by atoms with Crippen molar-refractivity contribution in [2.75, 3.05) is 20.2 Å². The summed E-state index contributed by atoms with van der Waals surface area (Å²) in [5, 5.41) is 0. The highest BCUT2D eigenvalue weighted by Gasteiger charge is 2.34. The molecule has 9 heteroatoms. The molecule has 0 unspecified atom stereocenters. The Labute approximate surface area is 174 Å². The molecule has 0 saturated carbocycles. The van der Waals surface area contributed by atoms with E-state index in [0.717, 1.165) is 11.1 Å². The summed E-state index contributed by atoms with van der Waals surface area (Å²) in [7, 11) is -2.10. The van der Waals surface area contributed by atoms with Crippen molar-refractivity contribution in [1.82, 2.24) is 19.3 Å². The number of hydrogen-bond donors (Lipinski definition) is 1. The molecular weight excluding hydrogens is 404 g/mol. The van der Waals surface area contributed by atoms with Gasteiger partial charge >= 0.3 is 0 Å². The van der Waals surface area contributed by atoms with Crippen molar-refractivity contribution in [3.05, 3.63) is 70.5 Å². The van der Waals surface area contributed by atoms with Gasteiger partial charge < -0.3 is 9.72 Å². The Hall–Kier alpha value is -3.04. The number of ether oxygens (including phenoxy) is 1. The van der Waals surface area contributed by atoms with E-state index in [1.165, 1.54) is 10.4 Å². The van der Waals surface area contributed by atoms with Gasteiger partial charge in [0.15, 0.2) is 0 Å². The molecule has 1 atom stereocenters. The highest BCUT2D eigenvalue weighted by Crippen LogP contribution is 2.31. The van der Waals surface area contributed by atoms with Crippen LogP contribution in [0.25, 0.3) is 11.3 Å². The van der Waals surface area contributed by atoms with Crippen molar-refractivity contribution in [3.8, 4) is 17.0 Å². The number of aromatic amines is 1. The van der Waals surface area contributed by atoms with Gasteiger partial charge in [-0.05, 0) is 49.2 Å². The number of nitrogens with zero attached hydrogens (tertiary/aromatic N) is 3. The minimum absolute atomic E-state index is 0.186. The lowest BCUT2D eigenvalue weighted by molar-refractivity contribution is 0.411. The molecule has 0 spiro atoms. The first-order chi connectivity index (χ1) is 14.4. The second kappa shape index (κ2) is 8.00. The van der Waals surface area contributed by atoms with E-state index in [1.807, 2.05) is 6.92 Å². The number of sulfonamides is 1. The maximum atomic E-state index is 13.1. The molecule has 4 rings (SSSR count). The van der Waals surface area contributed by atoms with E-state index >= 15 is 0 Å². The molecule has 8 nitrogen and oxygen atoms in total.